The van der Waals surface area contributed by atoms with Crippen LogP contribution in [0.4, 0.5) is 0 Å². The first kappa shape index (κ1) is 54.2. The molecule has 0 unspecified atom stereocenters. The summed E-state index contributed by atoms with van der Waals surface area (Å²) in [4.78, 5) is 50.4. The van der Waals surface area contributed by atoms with Gasteiger partial charge in [0, 0.05) is 21.4 Å². The number of benzene rings is 6. The van der Waals surface area contributed by atoms with Crippen LogP contribution in [0.25, 0.3) is 66.1 Å². The quantitative estimate of drug-likeness (QED) is 0.0809. The number of hydrogen-bond acceptors (Lipinski definition) is 8. The smallest absolute Gasteiger partial charge is 0.869 e. The second-order valence-corrected chi connectivity index (χ2v) is 20.8. The number of carboxylic acid groups (broad SMARTS) is 2. The van der Waals surface area contributed by atoms with Crippen LogP contribution in [0.2, 0.25) is 0 Å². The van der Waals surface area contributed by atoms with Crippen molar-refractivity contribution in [3.63, 3.8) is 0 Å². The summed E-state index contributed by atoms with van der Waals surface area (Å²) in [5.41, 5.74) is 0.130. The Labute approximate surface area is 497 Å². The summed E-state index contributed by atoms with van der Waals surface area (Å²) in [6.07, 6.45) is 0. The van der Waals surface area contributed by atoms with E-state index in [0.717, 1.165) is 28.6 Å². The standard InChI is InChI=1S/2C20H8I4O5.2Na.H2O/c2*21-12-11-16(25)9-6-8(20(27)28)10(7-4-2-1-3-5-7)17(26)18(9)29-19(11)15(24)14(23)13(12)22;;;/h2*1-6,26H,(H,27,28);;;1H2/q;;2*+1;/p-2. The summed E-state index contributed by atoms with van der Waals surface area (Å²) in [7, 11) is 0. The third kappa shape index (κ3) is 9.95. The summed E-state index contributed by atoms with van der Waals surface area (Å²) in [6.45, 7) is 0. The molecule has 8 aromatic rings. The predicted molar refractivity (Wildman–Crippen MR) is 289 cm³/mol. The van der Waals surface area contributed by atoms with Crippen LogP contribution in [0.5, 0.6) is 11.5 Å². The van der Waals surface area contributed by atoms with E-state index in [-0.39, 0.29) is 109 Å². The van der Waals surface area contributed by atoms with Crippen molar-refractivity contribution in [1.29, 1.82) is 0 Å². The van der Waals surface area contributed by atoms with Crippen molar-refractivity contribution in [1.82, 2.24) is 0 Å². The average Bonchev–Trinajstić information content (AvgIpc) is 3.21. The van der Waals surface area contributed by atoms with Crippen LogP contribution in [-0.4, -0.2) is 27.6 Å². The van der Waals surface area contributed by atoms with E-state index in [4.69, 9.17) is 8.83 Å². The number of carboxylic acids is 2. The number of carbonyl (C=O) groups is 2. The van der Waals surface area contributed by atoms with Gasteiger partial charge in [-0.2, -0.15) is 0 Å². The molecule has 21 heteroatoms. The molecule has 8 rings (SSSR count). The Bertz CT molecular complexity index is 3020. The Morgan fingerprint density at radius 2 is 0.770 bits per heavy atom. The fraction of sp³-hybridized carbons (Fsp3) is 0. The van der Waals surface area contributed by atoms with Gasteiger partial charge in [-0.05, 0) is 215 Å². The van der Waals surface area contributed by atoms with Gasteiger partial charge in [0.2, 0.25) is 10.9 Å². The number of aromatic carboxylic acids is 2. The van der Waals surface area contributed by atoms with Crippen molar-refractivity contribution in [2.75, 3.05) is 0 Å². The molecule has 4 N–H and O–H groups in total. The molecule has 0 bridgehead atoms. The van der Waals surface area contributed by atoms with Gasteiger partial charge in [0.25, 0.3) is 0 Å². The second-order valence-electron chi connectivity index (χ2n) is 12.1. The van der Waals surface area contributed by atoms with Gasteiger partial charge in [-0.3, -0.25) is 9.59 Å². The van der Waals surface area contributed by atoms with Crippen LogP contribution in [0.3, 0.4) is 0 Å². The summed E-state index contributed by atoms with van der Waals surface area (Å²) < 4.78 is 18.6. The molecule has 0 radical (unpaired) electrons. The van der Waals surface area contributed by atoms with E-state index in [0.29, 0.717) is 33.1 Å². The van der Waals surface area contributed by atoms with Crippen molar-refractivity contribution in [3.8, 4) is 33.8 Å². The zero-order valence-electron chi connectivity index (χ0n) is 30.6. The van der Waals surface area contributed by atoms with Crippen molar-refractivity contribution in [2.24, 2.45) is 0 Å². The summed E-state index contributed by atoms with van der Waals surface area (Å²) in [5, 5.41) is 46.7. The minimum atomic E-state index is -1.27. The van der Waals surface area contributed by atoms with Crippen molar-refractivity contribution < 1.29 is 103 Å². The fourth-order valence-electron chi connectivity index (χ4n) is 6.23. The van der Waals surface area contributed by atoms with Gasteiger partial charge >= 0.3 is 71.1 Å². The molecule has 0 saturated heterocycles. The van der Waals surface area contributed by atoms with Crippen molar-refractivity contribution in [3.05, 3.63) is 133 Å². The molecule has 0 aliphatic carbocycles. The van der Waals surface area contributed by atoms with Gasteiger partial charge in [0.1, 0.15) is 11.2 Å². The molecule has 2 aromatic heterocycles. The monoisotopic (exact) mass is 1730 g/mol. The first-order valence-electron chi connectivity index (χ1n) is 16.0. The first-order chi connectivity index (χ1) is 27.5. The summed E-state index contributed by atoms with van der Waals surface area (Å²) in [6, 6.07) is 19.6. The predicted octanol–water partition coefficient (Wildman–Crippen LogP) is 4.79. The Morgan fingerprint density at radius 3 is 1.07 bits per heavy atom. The Hall–Kier alpha value is 0.600. The van der Waals surface area contributed by atoms with Gasteiger partial charge in [0.05, 0.1) is 39.8 Å². The maximum absolute atomic E-state index is 13.3. The van der Waals surface area contributed by atoms with Crippen LogP contribution in [0, 0.1) is 28.6 Å². The molecule has 300 valence electrons. The topological polar surface area (TPSA) is 213 Å². The molecule has 0 spiro atoms. The van der Waals surface area contributed by atoms with E-state index >= 15 is 0 Å². The van der Waals surface area contributed by atoms with Gasteiger partial charge in [0.15, 0.2) is 11.2 Å². The van der Waals surface area contributed by atoms with Gasteiger partial charge in [-0.15, -0.1) is 0 Å². The maximum Gasteiger partial charge on any atom is 1.00 e. The fourth-order valence-corrected chi connectivity index (χ4v) is 13.2. The average molecular weight is 1730 g/mol. The third-order valence-corrected chi connectivity index (χ3v) is 23.6. The summed E-state index contributed by atoms with van der Waals surface area (Å²) in [5.74, 6) is -3.76. The maximum atomic E-state index is 13.3. The molecule has 61 heavy (non-hydrogen) atoms. The van der Waals surface area contributed by atoms with E-state index in [1.165, 1.54) is 12.1 Å². The zero-order valence-corrected chi connectivity index (χ0v) is 51.9. The van der Waals surface area contributed by atoms with Crippen LogP contribution in [0.1, 0.15) is 20.7 Å². The molecule has 11 nitrogen and oxygen atoms in total. The van der Waals surface area contributed by atoms with Crippen LogP contribution >= 0.6 is 181 Å². The van der Waals surface area contributed by atoms with Crippen LogP contribution in [0.15, 0.2) is 91.2 Å². The van der Waals surface area contributed by atoms with E-state index in [1.807, 2.05) is 0 Å². The largest absolute Gasteiger partial charge is 1.00 e. The van der Waals surface area contributed by atoms with Crippen LogP contribution < -0.4 is 80.2 Å². The molecule has 2 heterocycles. The molecule has 0 aliphatic heterocycles. The number of halogens is 8. The van der Waals surface area contributed by atoms with E-state index in [1.54, 1.807) is 60.7 Å². The molecule has 0 aliphatic rings. The Morgan fingerprint density at radius 1 is 0.475 bits per heavy atom. The number of hydrogen-bond donors (Lipinski definition) is 2. The summed E-state index contributed by atoms with van der Waals surface area (Å²) >= 11 is 17.0. The van der Waals surface area contributed by atoms with Crippen molar-refractivity contribution >= 4 is 237 Å². The molecule has 0 fully saturated rings. The van der Waals surface area contributed by atoms with E-state index < -0.39 is 34.3 Å². The van der Waals surface area contributed by atoms with Gasteiger partial charge in [-0.25, -0.2) is 9.59 Å². The molecule has 0 atom stereocenters. The first-order valence-corrected chi connectivity index (χ1v) is 24.6. The zero-order chi connectivity index (χ0) is 42.1. The SMILES string of the molecule is O.O=C(O)c1cc2c(=O)c3c(I)c(I)c(I)c(I)c3oc2c([O-])c1-c1ccccc1.O=C(O)c1cc2c(=O)c3c(I)c(I)c(I)c(I)c3oc2c([O-])c1-c1ccccc1.[Na+].[Na+]. The van der Waals surface area contributed by atoms with Crippen molar-refractivity contribution in [2.45, 2.75) is 0 Å². The Kier molecular flexibility index (Phi) is 19.7. The molecule has 0 saturated carbocycles. The Balaban J connectivity index is 0.000000256. The number of fused-ring (bicyclic) bond motifs is 4. The van der Waals surface area contributed by atoms with Crippen LogP contribution in [-0.2, 0) is 0 Å². The molecule has 6 aromatic carbocycles. The molecule has 0 amide bonds. The second kappa shape index (κ2) is 22.1. The van der Waals surface area contributed by atoms with E-state index in [9.17, 15) is 39.6 Å². The van der Waals surface area contributed by atoms with E-state index in [2.05, 4.69) is 181 Å². The third-order valence-electron chi connectivity index (χ3n) is 8.86. The molecular formula is C40H16I8Na2O11. The number of rotatable bonds is 4. The normalized spacial score (nSPS) is 10.8. The minimum Gasteiger partial charge on any atom is -0.869 e. The minimum absolute atomic E-state index is 0. The van der Waals surface area contributed by atoms with Gasteiger partial charge in [-0.1, -0.05) is 72.2 Å². The molecular weight excluding hydrogens is 1720 g/mol. The van der Waals surface area contributed by atoms with Gasteiger partial charge < -0.3 is 34.7 Å².